The lowest BCUT2D eigenvalue weighted by atomic mass is 10.1. The highest BCUT2D eigenvalue weighted by Crippen LogP contribution is 2.22. The van der Waals surface area contributed by atoms with Crippen LogP contribution in [0.4, 0.5) is 5.69 Å². The number of nitrogens with zero attached hydrogens (tertiary/aromatic N) is 1. The highest BCUT2D eigenvalue weighted by molar-refractivity contribution is 6.42. The van der Waals surface area contributed by atoms with Crippen LogP contribution >= 0.6 is 23.2 Å². The van der Waals surface area contributed by atoms with Gasteiger partial charge in [-0.25, -0.2) is 0 Å². The van der Waals surface area contributed by atoms with E-state index < -0.39 is 0 Å². The zero-order chi connectivity index (χ0) is 20.7. The zero-order valence-corrected chi connectivity index (χ0v) is 17.9. The minimum absolute atomic E-state index is 0.00585. The molecular formula is C21H26Cl2N3O2+. The predicted molar refractivity (Wildman–Crippen MR) is 114 cm³/mol. The van der Waals surface area contributed by atoms with Crippen molar-refractivity contribution in [1.29, 1.82) is 0 Å². The standard InChI is InChI=1S/C21H25Cl2N3O2/c1-4-26(5-2)21(28)16-7-9-17(10-8-16)24-20(27)14-25(3)13-15-6-11-18(22)19(23)12-15/h6-12H,4-5,13-14H2,1-3H3,(H,24,27)/p+1. The summed E-state index contributed by atoms with van der Waals surface area (Å²) in [4.78, 5) is 27.4. The summed E-state index contributed by atoms with van der Waals surface area (Å²) in [6.07, 6.45) is 0. The van der Waals surface area contributed by atoms with Crippen LogP contribution in [-0.4, -0.2) is 43.4 Å². The maximum absolute atomic E-state index is 12.3. The number of hydrogen-bond acceptors (Lipinski definition) is 2. The van der Waals surface area contributed by atoms with Gasteiger partial charge < -0.3 is 15.1 Å². The molecule has 2 aromatic carbocycles. The number of benzene rings is 2. The molecule has 2 N–H and O–H groups in total. The minimum Gasteiger partial charge on any atom is -0.339 e. The number of quaternary nitrogens is 1. The monoisotopic (exact) mass is 422 g/mol. The molecule has 1 atom stereocenters. The first-order valence-electron chi connectivity index (χ1n) is 9.28. The summed E-state index contributed by atoms with van der Waals surface area (Å²) in [5.41, 5.74) is 2.30. The molecule has 0 saturated heterocycles. The first-order chi connectivity index (χ1) is 13.3. The molecule has 0 aliphatic heterocycles. The van der Waals surface area contributed by atoms with E-state index in [0.29, 0.717) is 47.5 Å². The van der Waals surface area contributed by atoms with E-state index in [1.165, 1.54) is 0 Å². The van der Waals surface area contributed by atoms with Gasteiger partial charge in [0.05, 0.1) is 17.1 Å². The largest absolute Gasteiger partial charge is 0.339 e. The summed E-state index contributed by atoms with van der Waals surface area (Å²) in [7, 11) is 1.94. The van der Waals surface area contributed by atoms with Gasteiger partial charge in [0.2, 0.25) is 0 Å². The van der Waals surface area contributed by atoms with Crippen molar-refractivity contribution < 1.29 is 14.5 Å². The number of carbonyl (C=O) groups is 2. The van der Waals surface area contributed by atoms with Gasteiger partial charge in [0.1, 0.15) is 6.54 Å². The third-order valence-corrected chi connectivity index (χ3v) is 5.16. The Morgan fingerprint density at radius 3 is 2.21 bits per heavy atom. The molecule has 0 saturated carbocycles. The minimum atomic E-state index is -0.0969. The maximum Gasteiger partial charge on any atom is 0.279 e. The Balaban J connectivity index is 1.90. The van der Waals surface area contributed by atoms with Crippen LogP contribution < -0.4 is 10.2 Å². The summed E-state index contributed by atoms with van der Waals surface area (Å²) >= 11 is 12.0. The van der Waals surface area contributed by atoms with Gasteiger partial charge in [-0.15, -0.1) is 0 Å². The maximum atomic E-state index is 12.3. The number of rotatable bonds is 8. The number of likely N-dealkylation sites (N-methyl/N-ethyl adjacent to an activating group) is 1. The highest BCUT2D eigenvalue weighted by atomic mass is 35.5. The van der Waals surface area contributed by atoms with E-state index in [4.69, 9.17) is 23.2 Å². The van der Waals surface area contributed by atoms with Gasteiger partial charge in [-0.2, -0.15) is 0 Å². The van der Waals surface area contributed by atoms with Crippen molar-refractivity contribution in [3.8, 4) is 0 Å². The molecule has 2 rings (SSSR count). The van der Waals surface area contributed by atoms with E-state index >= 15 is 0 Å². The number of amides is 2. The van der Waals surface area contributed by atoms with Crippen molar-refractivity contribution in [2.45, 2.75) is 20.4 Å². The second-order valence-electron chi connectivity index (χ2n) is 6.66. The second-order valence-corrected chi connectivity index (χ2v) is 7.48. The zero-order valence-electron chi connectivity index (χ0n) is 16.4. The Hall–Kier alpha value is -2.08. The summed E-state index contributed by atoms with van der Waals surface area (Å²) in [6.45, 7) is 6.20. The topological polar surface area (TPSA) is 53.9 Å². The molecule has 150 valence electrons. The van der Waals surface area contributed by atoms with Crippen molar-refractivity contribution in [3.63, 3.8) is 0 Å². The van der Waals surface area contributed by atoms with Crippen molar-refractivity contribution in [3.05, 3.63) is 63.6 Å². The van der Waals surface area contributed by atoms with Crippen molar-refractivity contribution in [2.75, 3.05) is 32.0 Å². The number of nitrogens with one attached hydrogen (secondary N) is 2. The normalized spacial score (nSPS) is 11.8. The molecule has 0 aliphatic carbocycles. The van der Waals surface area contributed by atoms with E-state index in [1.807, 2.05) is 33.0 Å². The lowest BCUT2D eigenvalue weighted by Crippen LogP contribution is -3.08. The number of hydrogen-bond donors (Lipinski definition) is 2. The Morgan fingerprint density at radius 1 is 1.00 bits per heavy atom. The fourth-order valence-electron chi connectivity index (χ4n) is 2.93. The second kappa shape index (κ2) is 10.5. The average Bonchev–Trinajstić information content (AvgIpc) is 2.66. The molecule has 0 radical (unpaired) electrons. The van der Waals surface area contributed by atoms with Gasteiger partial charge in [0.15, 0.2) is 6.54 Å². The Labute approximate surface area is 176 Å². The van der Waals surface area contributed by atoms with Gasteiger partial charge in [-0.1, -0.05) is 29.3 Å². The van der Waals surface area contributed by atoms with Crippen LogP contribution in [0.25, 0.3) is 0 Å². The third-order valence-electron chi connectivity index (χ3n) is 4.42. The van der Waals surface area contributed by atoms with Crippen molar-refractivity contribution in [2.24, 2.45) is 0 Å². The van der Waals surface area contributed by atoms with Crippen molar-refractivity contribution >= 4 is 40.7 Å². The Bertz CT molecular complexity index is 821. The molecule has 5 nitrogen and oxygen atoms in total. The fourth-order valence-corrected chi connectivity index (χ4v) is 3.25. The first kappa shape index (κ1) is 22.2. The first-order valence-corrected chi connectivity index (χ1v) is 10.0. The van der Waals surface area contributed by atoms with Crippen LogP contribution in [-0.2, 0) is 11.3 Å². The van der Waals surface area contributed by atoms with Crippen LogP contribution in [0.2, 0.25) is 10.0 Å². The molecule has 7 heteroatoms. The fraction of sp³-hybridized carbons (Fsp3) is 0.333. The number of anilines is 1. The SMILES string of the molecule is CCN(CC)C(=O)c1ccc(NC(=O)C[NH+](C)Cc2ccc(Cl)c(Cl)c2)cc1. The quantitative estimate of drug-likeness (QED) is 0.686. The Kier molecular flexibility index (Phi) is 8.30. The van der Waals surface area contributed by atoms with Crippen LogP contribution in [0.5, 0.6) is 0 Å². The van der Waals surface area contributed by atoms with E-state index in [-0.39, 0.29) is 11.8 Å². The average molecular weight is 423 g/mol. The number of halogens is 2. The van der Waals surface area contributed by atoms with E-state index in [2.05, 4.69) is 5.32 Å². The lowest BCUT2D eigenvalue weighted by molar-refractivity contribution is -0.885. The highest BCUT2D eigenvalue weighted by Gasteiger charge is 2.14. The van der Waals surface area contributed by atoms with Crippen LogP contribution in [0.15, 0.2) is 42.5 Å². The summed E-state index contributed by atoms with van der Waals surface area (Å²) in [6, 6.07) is 12.5. The van der Waals surface area contributed by atoms with Gasteiger partial charge in [-0.3, -0.25) is 9.59 Å². The lowest BCUT2D eigenvalue weighted by Gasteiger charge is -2.18. The van der Waals surface area contributed by atoms with E-state index in [0.717, 1.165) is 10.5 Å². The summed E-state index contributed by atoms with van der Waals surface area (Å²) in [5, 5.41) is 3.90. The molecule has 0 heterocycles. The molecule has 1 unspecified atom stereocenters. The van der Waals surface area contributed by atoms with E-state index in [9.17, 15) is 9.59 Å². The molecule has 0 aliphatic rings. The molecular weight excluding hydrogens is 397 g/mol. The summed E-state index contributed by atoms with van der Waals surface area (Å²) < 4.78 is 0. The Morgan fingerprint density at radius 2 is 1.64 bits per heavy atom. The summed E-state index contributed by atoms with van der Waals surface area (Å²) in [5.74, 6) is -0.103. The van der Waals surface area contributed by atoms with E-state index in [1.54, 1.807) is 35.2 Å². The van der Waals surface area contributed by atoms with Gasteiger partial charge in [0, 0.05) is 29.9 Å². The molecule has 2 amide bonds. The molecule has 28 heavy (non-hydrogen) atoms. The van der Waals surface area contributed by atoms with Crippen LogP contribution in [0.1, 0.15) is 29.8 Å². The third kappa shape index (κ3) is 6.23. The predicted octanol–water partition coefficient (Wildman–Crippen LogP) is 3.13. The molecule has 0 fully saturated rings. The molecule has 0 aromatic heterocycles. The van der Waals surface area contributed by atoms with Crippen molar-refractivity contribution in [1.82, 2.24) is 4.90 Å². The number of carbonyl (C=O) groups excluding carboxylic acids is 2. The smallest absolute Gasteiger partial charge is 0.279 e. The van der Waals surface area contributed by atoms with Gasteiger partial charge in [-0.05, 0) is 50.2 Å². The van der Waals surface area contributed by atoms with Gasteiger partial charge in [0.25, 0.3) is 11.8 Å². The van der Waals surface area contributed by atoms with Crippen LogP contribution in [0, 0.1) is 0 Å². The van der Waals surface area contributed by atoms with Crippen LogP contribution in [0.3, 0.4) is 0 Å². The molecule has 0 spiro atoms. The van der Waals surface area contributed by atoms with Gasteiger partial charge >= 0.3 is 0 Å². The molecule has 0 bridgehead atoms. The molecule has 2 aromatic rings.